The second kappa shape index (κ2) is 8.10. The van der Waals surface area contributed by atoms with E-state index in [1.807, 2.05) is 6.92 Å². The number of benzene rings is 2. The SMILES string of the molecule is CCOc1cc(/C=C/C(=O)Nc2ccc(F)c(F)c2)ccc1OC. The maximum absolute atomic E-state index is 13.1. The molecule has 2 rings (SSSR count). The molecule has 0 saturated heterocycles. The maximum Gasteiger partial charge on any atom is 0.248 e. The van der Waals surface area contributed by atoms with E-state index >= 15 is 0 Å². The normalized spacial score (nSPS) is 10.7. The van der Waals surface area contributed by atoms with Crippen LogP contribution in [-0.2, 0) is 4.79 Å². The van der Waals surface area contributed by atoms with Gasteiger partial charge in [0.1, 0.15) is 0 Å². The van der Waals surface area contributed by atoms with Crippen LogP contribution in [0.3, 0.4) is 0 Å². The summed E-state index contributed by atoms with van der Waals surface area (Å²) in [6.07, 6.45) is 2.87. The quantitative estimate of drug-likeness (QED) is 0.812. The summed E-state index contributed by atoms with van der Waals surface area (Å²) < 4.78 is 36.6. The molecule has 126 valence electrons. The van der Waals surface area contributed by atoms with Gasteiger partial charge in [-0.15, -0.1) is 0 Å². The van der Waals surface area contributed by atoms with Crippen LogP contribution in [0.2, 0.25) is 0 Å². The Kier molecular flexibility index (Phi) is 5.89. The highest BCUT2D eigenvalue weighted by molar-refractivity contribution is 6.01. The highest BCUT2D eigenvalue weighted by atomic mass is 19.2. The van der Waals surface area contributed by atoms with E-state index in [-0.39, 0.29) is 5.69 Å². The minimum Gasteiger partial charge on any atom is -0.493 e. The largest absolute Gasteiger partial charge is 0.493 e. The number of hydrogen-bond donors (Lipinski definition) is 1. The predicted molar refractivity (Wildman–Crippen MR) is 88.2 cm³/mol. The molecule has 0 aliphatic carbocycles. The summed E-state index contributed by atoms with van der Waals surface area (Å²) in [5.74, 6) is -1.28. The molecular weight excluding hydrogens is 316 g/mol. The summed E-state index contributed by atoms with van der Waals surface area (Å²) in [7, 11) is 1.54. The predicted octanol–water partition coefficient (Wildman–Crippen LogP) is 4.02. The van der Waals surface area contributed by atoms with E-state index < -0.39 is 17.5 Å². The Balaban J connectivity index is 2.07. The van der Waals surface area contributed by atoms with Crippen molar-refractivity contribution >= 4 is 17.7 Å². The Labute approximate surface area is 138 Å². The third kappa shape index (κ3) is 4.55. The van der Waals surface area contributed by atoms with Crippen molar-refractivity contribution in [3.63, 3.8) is 0 Å². The number of methoxy groups -OCH3 is 1. The van der Waals surface area contributed by atoms with Crippen LogP contribution in [0.5, 0.6) is 11.5 Å². The van der Waals surface area contributed by atoms with Gasteiger partial charge >= 0.3 is 0 Å². The Morgan fingerprint density at radius 3 is 2.58 bits per heavy atom. The van der Waals surface area contributed by atoms with Crippen LogP contribution in [0.25, 0.3) is 6.08 Å². The van der Waals surface area contributed by atoms with E-state index in [0.29, 0.717) is 18.1 Å². The molecular formula is C18H17F2NO3. The van der Waals surface area contributed by atoms with Crippen molar-refractivity contribution in [3.8, 4) is 11.5 Å². The molecule has 0 heterocycles. The lowest BCUT2D eigenvalue weighted by molar-refractivity contribution is -0.111. The van der Waals surface area contributed by atoms with Crippen LogP contribution in [0.4, 0.5) is 14.5 Å². The first-order chi connectivity index (χ1) is 11.5. The molecule has 0 aliphatic rings. The Morgan fingerprint density at radius 1 is 1.12 bits per heavy atom. The van der Waals surface area contributed by atoms with Gasteiger partial charge in [0.15, 0.2) is 23.1 Å². The van der Waals surface area contributed by atoms with Crippen LogP contribution >= 0.6 is 0 Å². The van der Waals surface area contributed by atoms with Crippen LogP contribution < -0.4 is 14.8 Å². The molecule has 0 saturated carbocycles. The zero-order chi connectivity index (χ0) is 17.5. The molecule has 0 spiro atoms. The number of anilines is 1. The maximum atomic E-state index is 13.1. The minimum atomic E-state index is -1.02. The van der Waals surface area contributed by atoms with E-state index in [1.165, 1.54) is 12.1 Å². The summed E-state index contributed by atoms with van der Waals surface area (Å²) >= 11 is 0. The summed E-state index contributed by atoms with van der Waals surface area (Å²) in [5.41, 5.74) is 0.910. The first kappa shape index (κ1) is 17.5. The van der Waals surface area contributed by atoms with Gasteiger partial charge in [-0.3, -0.25) is 4.79 Å². The zero-order valence-corrected chi connectivity index (χ0v) is 13.3. The molecule has 1 amide bonds. The fraction of sp³-hybridized carbons (Fsp3) is 0.167. The summed E-state index contributed by atoms with van der Waals surface area (Å²) in [6.45, 7) is 2.34. The van der Waals surface area contributed by atoms with Crippen molar-refractivity contribution in [2.45, 2.75) is 6.92 Å². The second-order valence-electron chi connectivity index (χ2n) is 4.79. The summed E-state index contributed by atoms with van der Waals surface area (Å²) in [4.78, 5) is 11.8. The van der Waals surface area contributed by atoms with Gasteiger partial charge < -0.3 is 14.8 Å². The molecule has 4 nitrogen and oxygen atoms in total. The molecule has 0 fully saturated rings. The third-order valence-electron chi connectivity index (χ3n) is 3.10. The Bertz CT molecular complexity index is 760. The lowest BCUT2D eigenvalue weighted by atomic mass is 10.2. The lowest BCUT2D eigenvalue weighted by Crippen LogP contribution is -2.08. The van der Waals surface area contributed by atoms with Crippen molar-refractivity contribution in [2.75, 3.05) is 19.0 Å². The molecule has 0 radical (unpaired) electrons. The second-order valence-corrected chi connectivity index (χ2v) is 4.79. The van der Waals surface area contributed by atoms with Gasteiger partial charge in [-0.25, -0.2) is 8.78 Å². The van der Waals surface area contributed by atoms with Gasteiger partial charge in [-0.05, 0) is 42.8 Å². The van der Waals surface area contributed by atoms with Crippen molar-refractivity contribution in [1.29, 1.82) is 0 Å². The first-order valence-electron chi connectivity index (χ1n) is 7.28. The Hall–Kier alpha value is -2.89. The number of ether oxygens (including phenoxy) is 2. The van der Waals surface area contributed by atoms with E-state index in [2.05, 4.69) is 5.32 Å². The molecule has 0 aliphatic heterocycles. The number of nitrogens with one attached hydrogen (secondary N) is 1. The van der Waals surface area contributed by atoms with Crippen LogP contribution in [-0.4, -0.2) is 19.6 Å². The van der Waals surface area contributed by atoms with Gasteiger partial charge in [0.2, 0.25) is 5.91 Å². The average molecular weight is 333 g/mol. The number of hydrogen-bond acceptors (Lipinski definition) is 3. The number of halogens is 2. The monoisotopic (exact) mass is 333 g/mol. The Morgan fingerprint density at radius 2 is 1.92 bits per heavy atom. The first-order valence-corrected chi connectivity index (χ1v) is 7.28. The number of carbonyl (C=O) groups excluding carboxylic acids is 1. The van der Waals surface area contributed by atoms with Gasteiger partial charge in [-0.1, -0.05) is 6.07 Å². The van der Waals surface area contributed by atoms with E-state index in [0.717, 1.165) is 17.7 Å². The van der Waals surface area contributed by atoms with E-state index in [4.69, 9.17) is 9.47 Å². The number of rotatable bonds is 6. The van der Waals surface area contributed by atoms with E-state index in [9.17, 15) is 13.6 Å². The summed E-state index contributed by atoms with van der Waals surface area (Å²) in [6, 6.07) is 8.39. The molecule has 0 bridgehead atoms. The highest BCUT2D eigenvalue weighted by Crippen LogP contribution is 2.28. The molecule has 2 aromatic carbocycles. The summed E-state index contributed by atoms with van der Waals surface area (Å²) in [5, 5.41) is 2.45. The van der Waals surface area contributed by atoms with Crippen LogP contribution in [0, 0.1) is 11.6 Å². The average Bonchev–Trinajstić information content (AvgIpc) is 2.57. The standard InChI is InChI=1S/C18H17F2NO3/c1-3-24-17-10-12(4-8-16(17)23-2)5-9-18(22)21-13-6-7-14(19)15(20)11-13/h4-11H,3H2,1-2H3,(H,21,22)/b9-5+. The third-order valence-corrected chi connectivity index (χ3v) is 3.10. The fourth-order valence-electron chi connectivity index (χ4n) is 1.99. The van der Waals surface area contributed by atoms with Crippen molar-refractivity contribution in [1.82, 2.24) is 0 Å². The lowest BCUT2D eigenvalue weighted by Gasteiger charge is -2.09. The molecule has 0 unspecified atom stereocenters. The molecule has 0 atom stereocenters. The van der Waals surface area contributed by atoms with Gasteiger partial charge in [0.05, 0.1) is 13.7 Å². The number of carbonyl (C=O) groups is 1. The van der Waals surface area contributed by atoms with Crippen LogP contribution in [0.15, 0.2) is 42.5 Å². The molecule has 1 N–H and O–H groups in total. The fourth-order valence-corrected chi connectivity index (χ4v) is 1.99. The number of amides is 1. The van der Waals surface area contributed by atoms with Crippen LogP contribution in [0.1, 0.15) is 12.5 Å². The molecule has 2 aromatic rings. The highest BCUT2D eigenvalue weighted by Gasteiger charge is 2.06. The minimum absolute atomic E-state index is 0.174. The van der Waals surface area contributed by atoms with Gasteiger partial charge in [0, 0.05) is 17.8 Å². The van der Waals surface area contributed by atoms with Crippen molar-refractivity contribution in [2.24, 2.45) is 0 Å². The molecule has 0 aromatic heterocycles. The van der Waals surface area contributed by atoms with E-state index in [1.54, 1.807) is 31.4 Å². The van der Waals surface area contributed by atoms with Crippen molar-refractivity contribution in [3.05, 3.63) is 59.7 Å². The van der Waals surface area contributed by atoms with Gasteiger partial charge in [0.25, 0.3) is 0 Å². The molecule has 6 heteroatoms. The van der Waals surface area contributed by atoms with Crippen molar-refractivity contribution < 1.29 is 23.0 Å². The topological polar surface area (TPSA) is 47.6 Å². The van der Waals surface area contributed by atoms with Gasteiger partial charge in [-0.2, -0.15) is 0 Å². The zero-order valence-electron chi connectivity index (χ0n) is 13.3. The molecule has 24 heavy (non-hydrogen) atoms. The smallest absolute Gasteiger partial charge is 0.248 e.